The third-order valence-corrected chi connectivity index (χ3v) is 3.71. The van der Waals surface area contributed by atoms with Crippen molar-refractivity contribution in [2.24, 2.45) is 5.73 Å². The van der Waals surface area contributed by atoms with Crippen LogP contribution in [0, 0.1) is 6.92 Å². The molecule has 0 radical (unpaired) electrons. The van der Waals surface area contributed by atoms with E-state index in [9.17, 15) is 0 Å². The first-order valence-corrected chi connectivity index (χ1v) is 7.18. The van der Waals surface area contributed by atoms with Gasteiger partial charge in [0.15, 0.2) is 0 Å². The summed E-state index contributed by atoms with van der Waals surface area (Å²) in [6, 6.07) is 14.4. The minimum absolute atomic E-state index is 0.208. The Labute approximate surface area is 126 Å². The van der Waals surface area contributed by atoms with E-state index in [4.69, 9.17) is 15.2 Å². The highest BCUT2D eigenvalue weighted by Gasteiger charge is 2.18. The highest BCUT2D eigenvalue weighted by molar-refractivity contribution is 5.47. The Kier molecular flexibility index (Phi) is 5.23. The molecule has 21 heavy (non-hydrogen) atoms. The summed E-state index contributed by atoms with van der Waals surface area (Å²) in [4.78, 5) is 0. The maximum Gasteiger partial charge on any atom is 0.122 e. The molecule has 2 aromatic carbocycles. The van der Waals surface area contributed by atoms with Gasteiger partial charge >= 0.3 is 0 Å². The maximum absolute atomic E-state index is 5.83. The standard InChI is InChI=1S/C18H23NO2/c1-13-5-4-6-14(11-13)16(9-10-19)17-12-15(20-2)7-8-18(17)21-3/h4-8,11-12,16H,9-10,19H2,1-3H3. The van der Waals surface area contributed by atoms with E-state index in [1.54, 1.807) is 14.2 Å². The predicted octanol–water partition coefficient (Wildman–Crippen LogP) is 3.49. The van der Waals surface area contributed by atoms with Gasteiger partial charge in [-0.3, -0.25) is 0 Å². The van der Waals surface area contributed by atoms with Gasteiger partial charge in [-0.2, -0.15) is 0 Å². The normalized spacial score (nSPS) is 12.0. The number of hydrogen-bond acceptors (Lipinski definition) is 3. The summed E-state index contributed by atoms with van der Waals surface area (Å²) < 4.78 is 10.9. The second kappa shape index (κ2) is 7.14. The number of hydrogen-bond donors (Lipinski definition) is 1. The topological polar surface area (TPSA) is 44.5 Å². The fraction of sp³-hybridized carbons (Fsp3) is 0.333. The first-order valence-electron chi connectivity index (χ1n) is 7.18. The zero-order valence-corrected chi connectivity index (χ0v) is 12.9. The van der Waals surface area contributed by atoms with Gasteiger partial charge in [-0.15, -0.1) is 0 Å². The van der Waals surface area contributed by atoms with E-state index in [0.717, 1.165) is 23.5 Å². The van der Waals surface area contributed by atoms with Crippen LogP contribution in [0.25, 0.3) is 0 Å². The zero-order valence-electron chi connectivity index (χ0n) is 12.9. The molecule has 0 aliphatic rings. The van der Waals surface area contributed by atoms with Gasteiger partial charge < -0.3 is 15.2 Å². The molecule has 2 aromatic rings. The molecule has 112 valence electrons. The number of benzene rings is 2. The van der Waals surface area contributed by atoms with Crippen molar-refractivity contribution in [2.45, 2.75) is 19.3 Å². The van der Waals surface area contributed by atoms with Gasteiger partial charge in [-0.05, 0) is 43.7 Å². The van der Waals surface area contributed by atoms with Gasteiger partial charge in [0.2, 0.25) is 0 Å². The molecule has 0 aliphatic carbocycles. The predicted molar refractivity (Wildman–Crippen MR) is 86.2 cm³/mol. The Morgan fingerprint density at radius 2 is 1.86 bits per heavy atom. The van der Waals surface area contributed by atoms with Crippen molar-refractivity contribution in [3.05, 3.63) is 59.2 Å². The van der Waals surface area contributed by atoms with Gasteiger partial charge in [-0.25, -0.2) is 0 Å². The van der Waals surface area contributed by atoms with Gasteiger partial charge in [0.05, 0.1) is 14.2 Å². The quantitative estimate of drug-likeness (QED) is 0.883. The molecule has 0 saturated carbocycles. The molecule has 0 spiro atoms. The number of aryl methyl sites for hydroxylation is 1. The monoisotopic (exact) mass is 285 g/mol. The van der Waals surface area contributed by atoms with E-state index in [1.165, 1.54) is 11.1 Å². The fourth-order valence-electron chi connectivity index (χ4n) is 2.67. The molecule has 2 N–H and O–H groups in total. The summed E-state index contributed by atoms with van der Waals surface area (Å²) in [5.41, 5.74) is 9.45. The third kappa shape index (κ3) is 3.56. The van der Waals surface area contributed by atoms with E-state index in [2.05, 4.69) is 31.2 Å². The number of ether oxygens (including phenoxy) is 2. The van der Waals surface area contributed by atoms with Crippen LogP contribution in [0.15, 0.2) is 42.5 Å². The lowest BCUT2D eigenvalue weighted by Crippen LogP contribution is -2.10. The Balaban J connectivity index is 2.51. The summed E-state index contributed by atoms with van der Waals surface area (Å²) in [6.45, 7) is 2.73. The highest BCUT2D eigenvalue weighted by atomic mass is 16.5. The second-order valence-corrected chi connectivity index (χ2v) is 5.15. The summed E-state index contributed by atoms with van der Waals surface area (Å²) >= 11 is 0. The van der Waals surface area contributed by atoms with Crippen molar-refractivity contribution in [1.29, 1.82) is 0 Å². The highest BCUT2D eigenvalue weighted by Crippen LogP contribution is 2.36. The summed E-state index contributed by atoms with van der Waals surface area (Å²) in [5.74, 6) is 1.91. The van der Waals surface area contributed by atoms with Gasteiger partial charge in [0.25, 0.3) is 0 Å². The molecule has 0 fully saturated rings. The van der Waals surface area contributed by atoms with Crippen molar-refractivity contribution >= 4 is 0 Å². The molecule has 0 saturated heterocycles. The average molecular weight is 285 g/mol. The van der Waals surface area contributed by atoms with Crippen LogP contribution in [0.3, 0.4) is 0 Å². The van der Waals surface area contributed by atoms with Crippen LogP contribution in [-0.4, -0.2) is 20.8 Å². The van der Waals surface area contributed by atoms with Gasteiger partial charge in [-0.1, -0.05) is 29.8 Å². The number of methoxy groups -OCH3 is 2. The van der Waals surface area contributed by atoms with Gasteiger partial charge in [0, 0.05) is 11.5 Å². The molecule has 0 heterocycles. The molecule has 0 aromatic heterocycles. The molecule has 1 atom stereocenters. The van der Waals surface area contributed by atoms with Gasteiger partial charge in [0.1, 0.15) is 11.5 Å². The molecule has 2 rings (SSSR count). The lowest BCUT2D eigenvalue weighted by atomic mass is 9.87. The minimum Gasteiger partial charge on any atom is -0.497 e. The first-order chi connectivity index (χ1) is 10.2. The second-order valence-electron chi connectivity index (χ2n) is 5.15. The van der Waals surface area contributed by atoms with Crippen LogP contribution in [0.2, 0.25) is 0 Å². The van der Waals surface area contributed by atoms with Crippen molar-refractivity contribution < 1.29 is 9.47 Å². The average Bonchev–Trinajstić information content (AvgIpc) is 2.52. The Morgan fingerprint density at radius 3 is 2.48 bits per heavy atom. The molecule has 3 heteroatoms. The first kappa shape index (κ1) is 15.4. The molecule has 1 unspecified atom stereocenters. The SMILES string of the molecule is COc1ccc(OC)c(C(CCN)c2cccc(C)c2)c1. The minimum atomic E-state index is 0.208. The van der Waals surface area contributed by atoms with Crippen LogP contribution in [0.5, 0.6) is 11.5 Å². The molecule has 3 nitrogen and oxygen atoms in total. The maximum atomic E-state index is 5.83. The van der Waals surface area contributed by atoms with E-state index < -0.39 is 0 Å². The van der Waals surface area contributed by atoms with Crippen LogP contribution in [-0.2, 0) is 0 Å². The number of nitrogens with two attached hydrogens (primary N) is 1. The largest absolute Gasteiger partial charge is 0.497 e. The van der Waals surface area contributed by atoms with Crippen LogP contribution >= 0.6 is 0 Å². The van der Waals surface area contributed by atoms with Crippen LogP contribution < -0.4 is 15.2 Å². The van der Waals surface area contributed by atoms with Crippen LogP contribution in [0.4, 0.5) is 0 Å². The van der Waals surface area contributed by atoms with E-state index in [1.807, 2.05) is 18.2 Å². The molecule has 0 amide bonds. The summed E-state index contributed by atoms with van der Waals surface area (Å²) in [7, 11) is 3.37. The van der Waals surface area contributed by atoms with Crippen molar-refractivity contribution in [3.8, 4) is 11.5 Å². The molecule has 0 aliphatic heterocycles. The van der Waals surface area contributed by atoms with E-state index in [0.29, 0.717) is 6.54 Å². The van der Waals surface area contributed by atoms with Crippen LogP contribution in [0.1, 0.15) is 29.0 Å². The van der Waals surface area contributed by atoms with E-state index >= 15 is 0 Å². The lowest BCUT2D eigenvalue weighted by Gasteiger charge is -2.21. The smallest absolute Gasteiger partial charge is 0.122 e. The zero-order chi connectivity index (χ0) is 15.2. The molecular formula is C18H23NO2. The van der Waals surface area contributed by atoms with Crippen molar-refractivity contribution in [1.82, 2.24) is 0 Å². The van der Waals surface area contributed by atoms with E-state index in [-0.39, 0.29) is 5.92 Å². The third-order valence-electron chi connectivity index (χ3n) is 3.71. The Bertz CT molecular complexity index is 596. The number of rotatable bonds is 6. The lowest BCUT2D eigenvalue weighted by molar-refractivity contribution is 0.396. The summed E-state index contributed by atoms with van der Waals surface area (Å²) in [5, 5.41) is 0. The fourth-order valence-corrected chi connectivity index (χ4v) is 2.67. The van der Waals surface area contributed by atoms with Crippen molar-refractivity contribution in [2.75, 3.05) is 20.8 Å². The summed E-state index contributed by atoms with van der Waals surface area (Å²) in [6.07, 6.45) is 0.868. The Morgan fingerprint density at radius 1 is 1.05 bits per heavy atom. The van der Waals surface area contributed by atoms with Crippen molar-refractivity contribution in [3.63, 3.8) is 0 Å². The molecule has 0 bridgehead atoms. The Hall–Kier alpha value is -2.00. The molecular weight excluding hydrogens is 262 g/mol.